The number of anilines is 1. The van der Waals surface area contributed by atoms with Gasteiger partial charge in [-0.15, -0.1) is 0 Å². The number of rotatable bonds is 4. The minimum absolute atomic E-state index is 0.0362. The van der Waals surface area contributed by atoms with Gasteiger partial charge in [0.15, 0.2) is 17.9 Å². The summed E-state index contributed by atoms with van der Waals surface area (Å²) in [5, 5.41) is 42.2. The topological polar surface area (TPSA) is 157 Å². The van der Waals surface area contributed by atoms with E-state index in [0.29, 0.717) is 18.6 Å². The predicted molar refractivity (Wildman–Crippen MR) is 129 cm³/mol. The van der Waals surface area contributed by atoms with Crippen molar-refractivity contribution < 1.29 is 39.1 Å². The Bertz CT molecular complexity index is 1260. The number of likely N-dealkylation sites (N-methyl/N-ethyl adjacent to an activating group) is 1. The standard InChI is InChI=1S/C24H31FN4O8/c1-11-10-36-22-17-12(7-14(25)18(22)28-5-3-27(2)4-6-28)19(31)13(8-29(11)17)23(34)26-16-21(33)20(32)15(9-30)37-24(16)35/h7-8,11,15-16,20-21,24,30,32-33,35H,3-6,9-10H2,1-2H3,(H,26,34)/t11?,15-,16-,20-,21-,24-/m1/s1. The van der Waals surface area contributed by atoms with Gasteiger partial charge in [0.25, 0.3) is 5.91 Å². The lowest BCUT2D eigenvalue weighted by Crippen LogP contribution is -2.64. The van der Waals surface area contributed by atoms with E-state index in [1.807, 2.05) is 18.9 Å². The maximum absolute atomic E-state index is 15.5. The average molecular weight is 523 g/mol. The number of benzene rings is 1. The van der Waals surface area contributed by atoms with E-state index in [1.165, 1.54) is 6.20 Å². The molecule has 6 atom stereocenters. The molecule has 1 aromatic heterocycles. The van der Waals surface area contributed by atoms with E-state index in [0.717, 1.165) is 19.2 Å². The number of pyridine rings is 1. The summed E-state index contributed by atoms with van der Waals surface area (Å²) in [6.45, 7) is 4.04. The van der Waals surface area contributed by atoms with Gasteiger partial charge in [-0.1, -0.05) is 0 Å². The summed E-state index contributed by atoms with van der Waals surface area (Å²) in [5.41, 5.74) is -0.410. The molecule has 0 spiro atoms. The Morgan fingerprint density at radius 1 is 1.19 bits per heavy atom. The van der Waals surface area contributed by atoms with E-state index in [1.54, 1.807) is 4.57 Å². The zero-order valence-electron chi connectivity index (χ0n) is 20.5. The number of carbonyl (C=O) groups excluding carboxylic acids is 1. The van der Waals surface area contributed by atoms with Crippen molar-refractivity contribution in [3.63, 3.8) is 0 Å². The lowest BCUT2D eigenvalue weighted by atomic mass is 9.96. The van der Waals surface area contributed by atoms with Crippen molar-refractivity contribution in [2.75, 3.05) is 51.3 Å². The molecule has 3 aliphatic rings. The quantitative estimate of drug-likeness (QED) is 0.316. The average Bonchev–Trinajstić information content (AvgIpc) is 2.87. The fraction of sp³-hybridized carbons (Fsp3) is 0.583. The number of nitrogens with zero attached hydrogens (tertiary/aromatic N) is 3. The Kier molecular flexibility index (Phi) is 6.85. The summed E-state index contributed by atoms with van der Waals surface area (Å²) >= 11 is 0. The van der Waals surface area contributed by atoms with E-state index in [4.69, 9.17) is 9.47 Å². The van der Waals surface area contributed by atoms with Crippen LogP contribution in [0, 0.1) is 5.82 Å². The molecule has 202 valence electrons. The molecule has 4 heterocycles. The van der Waals surface area contributed by atoms with Crippen LogP contribution in [-0.4, -0.2) is 113 Å². The Morgan fingerprint density at radius 2 is 1.89 bits per heavy atom. The zero-order valence-corrected chi connectivity index (χ0v) is 20.5. The summed E-state index contributed by atoms with van der Waals surface area (Å²) in [7, 11) is 1.99. The SMILES string of the molecule is CC1COc2c(N3CCN(C)CC3)c(F)cc3c(=O)c(C(=O)N[C@@H]4[C@@H](O)[C@H](O)[C@@H](CO)O[C@H]4O)cn1c23. The molecular formula is C24H31FN4O8. The third-order valence-electron chi connectivity index (χ3n) is 7.40. The van der Waals surface area contributed by atoms with Gasteiger partial charge in [0.2, 0.25) is 5.43 Å². The fourth-order valence-corrected chi connectivity index (χ4v) is 5.18. The van der Waals surface area contributed by atoms with Crippen molar-refractivity contribution in [1.82, 2.24) is 14.8 Å². The van der Waals surface area contributed by atoms with Crippen LogP contribution in [0.5, 0.6) is 5.75 Å². The molecule has 5 rings (SSSR count). The molecule has 2 fully saturated rings. The number of hydrogen-bond acceptors (Lipinski definition) is 10. The van der Waals surface area contributed by atoms with Crippen LogP contribution in [0.3, 0.4) is 0 Å². The first kappa shape index (κ1) is 25.8. The summed E-state index contributed by atoms with van der Waals surface area (Å²) in [5.74, 6) is -1.32. The van der Waals surface area contributed by atoms with E-state index in [-0.39, 0.29) is 35.0 Å². The highest BCUT2D eigenvalue weighted by molar-refractivity contribution is 6.00. The van der Waals surface area contributed by atoms with Gasteiger partial charge in [0.05, 0.1) is 23.6 Å². The Balaban J connectivity index is 1.54. The Hall–Kier alpha value is -2.81. The van der Waals surface area contributed by atoms with Crippen LogP contribution in [0.4, 0.5) is 10.1 Å². The van der Waals surface area contributed by atoms with Crippen molar-refractivity contribution in [1.29, 1.82) is 0 Å². The molecule has 2 aromatic rings. The zero-order chi connectivity index (χ0) is 26.6. The van der Waals surface area contributed by atoms with E-state index >= 15 is 4.39 Å². The van der Waals surface area contributed by atoms with E-state index in [9.17, 15) is 30.0 Å². The van der Waals surface area contributed by atoms with E-state index < -0.39 is 54.4 Å². The van der Waals surface area contributed by atoms with Gasteiger partial charge < -0.3 is 49.6 Å². The maximum Gasteiger partial charge on any atom is 0.257 e. The van der Waals surface area contributed by atoms with Crippen LogP contribution in [0.15, 0.2) is 17.1 Å². The van der Waals surface area contributed by atoms with Gasteiger partial charge in [-0.2, -0.15) is 0 Å². The van der Waals surface area contributed by atoms with Gasteiger partial charge in [0, 0.05) is 32.4 Å². The van der Waals surface area contributed by atoms with E-state index in [2.05, 4.69) is 10.2 Å². The second-order valence-corrected chi connectivity index (χ2v) is 9.89. The van der Waals surface area contributed by atoms with Crippen molar-refractivity contribution in [2.45, 2.75) is 43.6 Å². The van der Waals surface area contributed by atoms with Crippen molar-refractivity contribution in [3.05, 3.63) is 33.9 Å². The number of amides is 1. The molecule has 0 radical (unpaired) electrons. The van der Waals surface area contributed by atoms with Crippen LogP contribution in [0.1, 0.15) is 23.3 Å². The molecule has 37 heavy (non-hydrogen) atoms. The summed E-state index contributed by atoms with van der Waals surface area (Å²) < 4.78 is 28.2. The molecule has 12 nitrogen and oxygen atoms in total. The minimum Gasteiger partial charge on any atom is -0.487 e. The van der Waals surface area contributed by atoms with Crippen molar-refractivity contribution in [2.24, 2.45) is 0 Å². The largest absolute Gasteiger partial charge is 0.487 e. The molecule has 2 saturated heterocycles. The Morgan fingerprint density at radius 3 is 2.57 bits per heavy atom. The fourth-order valence-electron chi connectivity index (χ4n) is 5.18. The predicted octanol–water partition coefficient (Wildman–Crippen LogP) is -1.62. The molecule has 13 heteroatoms. The molecule has 0 bridgehead atoms. The number of aliphatic hydroxyl groups excluding tert-OH is 4. The number of ether oxygens (including phenoxy) is 2. The molecule has 1 unspecified atom stereocenters. The van der Waals surface area contributed by atoms with Gasteiger partial charge in [-0.25, -0.2) is 4.39 Å². The number of aromatic nitrogens is 1. The van der Waals surface area contributed by atoms with Gasteiger partial charge in [-0.3, -0.25) is 9.59 Å². The third-order valence-corrected chi connectivity index (χ3v) is 7.40. The second kappa shape index (κ2) is 9.82. The molecule has 0 aliphatic carbocycles. The summed E-state index contributed by atoms with van der Waals surface area (Å²) in [4.78, 5) is 30.6. The van der Waals surface area contributed by atoms with Crippen LogP contribution in [0.2, 0.25) is 0 Å². The number of halogens is 1. The number of carbonyl (C=O) groups is 1. The molecule has 3 aliphatic heterocycles. The minimum atomic E-state index is -1.75. The smallest absolute Gasteiger partial charge is 0.257 e. The van der Waals surface area contributed by atoms with Crippen molar-refractivity contribution >= 4 is 22.5 Å². The van der Waals surface area contributed by atoms with Crippen LogP contribution in [0.25, 0.3) is 10.9 Å². The van der Waals surface area contributed by atoms with Crippen LogP contribution in [-0.2, 0) is 4.74 Å². The Labute approximate surface area is 211 Å². The summed E-state index contributed by atoms with van der Waals surface area (Å²) in [6.07, 6.45) is -4.89. The molecule has 5 N–H and O–H groups in total. The van der Waals surface area contributed by atoms with Crippen molar-refractivity contribution in [3.8, 4) is 5.75 Å². The highest BCUT2D eigenvalue weighted by atomic mass is 19.1. The van der Waals surface area contributed by atoms with Crippen LogP contribution >= 0.6 is 0 Å². The first-order valence-corrected chi connectivity index (χ1v) is 12.2. The molecular weight excluding hydrogens is 491 g/mol. The number of nitrogens with one attached hydrogen (secondary N) is 1. The monoisotopic (exact) mass is 522 g/mol. The third kappa shape index (κ3) is 4.35. The molecule has 1 amide bonds. The highest BCUT2D eigenvalue weighted by Gasteiger charge is 2.44. The first-order valence-electron chi connectivity index (χ1n) is 12.2. The summed E-state index contributed by atoms with van der Waals surface area (Å²) in [6, 6.07) is -0.643. The lowest BCUT2D eigenvalue weighted by molar-refractivity contribution is -0.252. The normalized spacial score (nSPS) is 30.3. The number of hydrogen-bond donors (Lipinski definition) is 5. The molecule has 0 saturated carbocycles. The first-order chi connectivity index (χ1) is 17.6. The lowest BCUT2D eigenvalue weighted by Gasteiger charge is -2.40. The second-order valence-electron chi connectivity index (χ2n) is 9.89. The van der Waals surface area contributed by atoms with Gasteiger partial charge >= 0.3 is 0 Å². The van der Waals surface area contributed by atoms with Gasteiger partial charge in [0.1, 0.15) is 42.2 Å². The number of piperazine rings is 1. The molecule has 1 aromatic carbocycles. The number of aliphatic hydroxyl groups is 4. The van der Waals surface area contributed by atoms with Gasteiger partial charge in [-0.05, 0) is 20.0 Å². The maximum atomic E-state index is 15.5. The van der Waals surface area contributed by atoms with Crippen LogP contribution < -0.4 is 20.4 Å². The highest BCUT2D eigenvalue weighted by Crippen LogP contribution is 2.42.